The molecule has 0 saturated carbocycles. The molecule has 0 amide bonds. The Morgan fingerprint density at radius 1 is 1.89 bits per heavy atom. The van der Waals surface area contributed by atoms with Gasteiger partial charge in [0, 0.05) is 13.1 Å². The van der Waals surface area contributed by atoms with Crippen molar-refractivity contribution in [3.05, 3.63) is 11.2 Å². The predicted octanol–water partition coefficient (Wildman–Crippen LogP) is 0.536. The van der Waals surface area contributed by atoms with Gasteiger partial charge in [0.2, 0.25) is 0 Å². The second-order valence-electron chi connectivity index (χ2n) is 1.91. The zero-order valence-corrected chi connectivity index (χ0v) is 5.87. The lowest BCUT2D eigenvalue weighted by molar-refractivity contribution is 0.467. The number of likely N-dealkylation sites (N-methyl/N-ethyl adjacent to an activating group) is 1. The molecule has 50 valence electrons. The van der Waals surface area contributed by atoms with Gasteiger partial charge in [-0.2, -0.15) is 0 Å². The Kier molecular flexibility index (Phi) is 1.62. The molecule has 0 saturated heterocycles. The molecule has 0 bridgehead atoms. The summed E-state index contributed by atoms with van der Waals surface area (Å²) in [7, 11) is 1.83. The average Bonchev–Trinajstić information content (AvgIpc) is 1.80. The fraction of sp³-hybridized carbons (Fsp3) is 0.400. The first-order valence-corrected chi connectivity index (χ1v) is 2.98. The van der Waals surface area contributed by atoms with E-state index in [1.165, 1.54) is 0 Å². The van der Waals surface area contributed by atoms with Crippen molar-refractivity contribution >= 4 is 17.4 Å². The molecule has 9 heavy (non-hydrogen) atoms. The van der Waals surface area contributed by atoms with E-state index in [2.05, 4.69) is 5.32 Å². The number of rotatable bonds is 0. The van der Waals surface area contributed by atoms with Crippen LogP contribution in [-0.4, -0.2) is 24.5 Å². The summed E-state index contributed by atoms with van der Waals surface area (Å²) >= 11 is 5.56. The first-order chi connectivity index (χ1) is 4.20. The van der Waals surface area contributed by atoms with Crippen molar-refractivity contribution in [1.29, 1.82) is 5.41 Å². The summed E-state index contributed by atoms with van der Waals surface area (Å²) in [6.07, 6.45) is 1.57. The second-order valence-corrected chi connectivity index (χ2v) is 2.32. The lowest BCUT2D eigenvalue weighted by Gasteiger charge is -2.23. The zero-order valence-electron chi connectivity index (χ0n) is 5.11. The Morgan fingerprint density at radius 2 is 2.56 bits per heavy atom. The van der Waals surface area contributed by atoms with E-state index < -0.39 is 0 Å². The molecule has 0 aromatic carbocycles. The van der Waals surface area contributed by atoms with Crippen LogP contribution in [0, 0.1) is 5.41 Å². The molecule has 0 aromatic rings. The smallest absolute Gasteiger partial charge is 0.124 e. The minimum absolute atomic E-state index is 0.443. The Hall–Kier alpha value is -0.700. The minimum atomic E-state index is 0.443. The summed E-state index contributed by atoms with van der Waals surface area (Å²) in [5.41, 5.74) is 0. The summed E-state index contributed by atoms with van der Waals surface area (Å²) in [5.74, 6) is 0.443. The van der Waals surface area contributed by atoms with E-state index in [0.29, 0.717) is 17.7 Å². The van der Waals surface area contributed by atoms with E-state index in [1.807, 2.05) is 7.05 Å². The predicted molar refractivity (Wildman–Crippen MR) is 37.4 cm³/mol. The van der Waals surface area contributed by atoms with Crippen LogP contribution in [0.4, 0.5) is 0 Å². The lowest BCUT2D eigenvalue weighted by Crippen LogP contribution is -2.37. The summed E-state index contributed by atoms with van der Waals surface area (Å²) in [5, 5.41) is 10.7. The second kappa shape index (κ2) is 2.27. The Morgan fingerprint density at radius 3 is 3.00 bits per heavy atom. The Labute approximate surface area is 58.8 Å². The third kappa shape index (κ3) is 1.36. The van der Waals surface area contributed by atoms with Gasteiger partial charge in [-0.3, -0.25) is 5.41 Å². The topological polar surface area (TPSA) is 39.1 Å². The normalized spacial score (nSPS) is 19.1. The highest BCUT2D eigenvalue weighted by Crippen LogP contribution is 2.02. The molecular formula is C5H8ClN3. The van der Waals surface area contributed by atoms with Gasteiger partial charge in [-0.05, 0) is 0 Å². The molecule has 4 heteroatoms. The molecule has 0 aromatic heterocycles. The van der Waals surface area contributed by atoms with Crippen LogP contribution < -0.4 is 5.32 Å². The van der Waals surface area contributed by atoms with Crippen molar-refractivity contribution in [3.8, 4) is 0 Å². The SMILES string of the molecule is CN1CNC(Cl)=CC1=N. The third-order valence-corrected chi connectivity index (χ3v) is 1.40. The number of amidine groups is 1. The van der Waals surface area contributed by atoms with Crippen LogP contribution in [0.15, 0.2) is 11.2 Å². The Bertz CT molecular complexity index is 164. The fourth-order valence-corrected chi connectivity index (χ4v) is 0.724. The van der Waals surface area contributed by atoms with Gasteiger partial charge >= 0.3 is 0 Å². The van der Waals surface area contributed by atoms with Crippen LogP contribution in [0.25, 0.3) is 0 Å². The molecule has 0 aliphatic carbocycles. The van der Waals surface area contributed by atoms with Gasteiger partial charge in [-0.25, -0.2) is 0 Å². The first-order valence-electron chi connectivity index (χ1n) is 2.61. The molecule has 0 spiro atoms. The molecule has 0 unspecified atom stereocenters. The van der Waals surface area contributed by atoms with Gasteiger partial charge in [-0.1, -0.05) is 11.6 Å². The van der Waals surface area contributed by atoms with E-state index >= 15 is 0 Å². The van der Waals surface area contributed by atoms with Crippen LogP contribution >= 0.6 is 11.6 Å². The number of nitrogens with zero attached hydrogens (tertiary/aromatic N) is 1. The number of halogens is 1. The first kappa shape index (κ1) is 6.42. The number of hydrogen-bond donors (Lipinski definition) is 2. The molecule has 1 aliphatic heterocycles. The fourth-order valence-electron chi connectivity index (χ4n) is 0.561. The van der Waals surface area contributed by atoms with Crippen LogP contribution in [-0.2, 0) is 0 Å². The van der Waals surface area contributed by atoms with Gasteiger partial charge in [0.25, 0.3) is 0 Å². The molecule has 1 rings (SSSR count). The van der Waals surface area contributed by atoms with Crippen LogP contribution in [0.1, 0.15) is 0 Å². The standard InChI is InChI=1S/C5H8ClN3/c1-9-3-8-4(6)2-5(9)7/h2,7-8H,3H2,1H3. The van der Waals surface area contributed by atoms with E-state index in [-0.39, 0.29) is 0 Å². The van der Waals surface area contributed by atoms with Crippen molar-refractivity contribution in [2.45, 2.75) is 0 Å². The summed E-state index contributed by atoms with van der Waals surface area (Å²) < 4.78 is 0. The monoisotopic (exact) mass is 145 g/mol. The summed E-state index contributed by atoms with van der Waals surface area (Å²) in [6, 6.07) is 0. The third-order valence-electron chi connectivity index (χ3n) is 1.16. The van der Waals surface area contributed by atoms with Gasteiger partial charge in [0.15, 0.2) is 0 Å². The highest BCUT2D eigenvalue weighted by atomic mass is 35.5. The molecule has 2 N–H and O–H groups in total. The van der Waals surface area contributed by atoms with Crippen molar-refractivity contribution in [2.75, 3.05) is 13.7 Å². The highest BCUT2D eigenvalue weighted by Gasteiger charge is 2.07. The van der Waals surface area contributed by atoms with E-state index in [4.69, 9.17) is 17.0 Å². The van der Waals surface area contributed by atoms with E-state index in [0.717, 1.165) is 0 Å². The van der Waals surface area contributed by atoms with Crippen molar-refractivity contribution in [2.24, 2.45) is 0 Å². The molecule has 1 aliphatic rings. The van der Waals surface area contributed by atoms with Crippen molar-refractivity contribution in [1.82, 2.24) is 10.2 Å². The highest BCUT2D eigenvalue weighted by molar-refractivity contribution is 6.30. The van der Waals surface area contributed by atoms with Crippen molar-refractivity contribution in [3.63, 3.8) is 0 Å². The molecule has 0 radical (unpaired) electrons. The Balaban J connectivity index is 2.70. The van der Waals surface area contributed by atoms with Crippen LogP contribution in [0.2, 0.25) is 0 Å². The van der Waals surface area contributed by atoms with Crippen LogP contribution in [0.3, 0.4) is 0 Å². The van der Waals surface area contributed by atoms with Crippen LogP contribution in [0.5, 0.6) is 0 Å². The van der Waals surface area contributed by atoms with Gasteiger partial charge in [0.05, 0.1) is 6.67 Å². The molecular weight excluding hydrogens is 138 g/mol. The minimum Gasteiger partial charge on any atom is -0.358 e. The maximum atomic E-state index is 7.25. The summed E-state index contributed by atoms with van der Waals surface area (Å²) in [6.45, 7) is 0.619. The lowest BCUT2D eigenvalue weighted by atomic mass is 10.4. The van der Waals surface area contributed by atoms with Gasteiger partial charge in [-0.15, -0.1) is 0 Å². The average molecular weight is 146 g/mol. The molecule has 0 atom stereocenters. The summed E-state index contributed by atoms with van der Waals surface area (Å²) in [4.78, 5) is 1.76. The quantitative estimate of drug-likeness (QED) is 0.489. The number of nitrogens with one attached hydrogen (secondary N) is 2. The zero-order chi connectivity index (χ0) is 6.85. The maximum absolute atomic E-state index is 7.25. The van der Waals surface area contributed by atoms with Crippen molar-refractivity contribution < 1.29 is 0 Å². The molecule has 1 heterocycles. The van der Waals surface area contributed by atoms with Gasteiger partial charge < -0.3 is 10.2 Å². The van der Waals surface area contributed by atoms with E-state index in [1.54, 1.807) is 11.0 Å². The molecule has 3 nitrogen and oxygen atoms in total. The molecule has 0 fully saturated rings. The number of hydrogen-bond acceptors (Lipinski definition) is 2. The van der Waals surface area contributed by atoms with Gasteiger partial charge in [0.1, 0.15) is 11.0 Å². The maximum Gasteiger partial charge on any atom is 0.124 e. The van der Waals surface area contributed by atoms with E-state index in [9.17, 15) is 0 Å². The largest absolute Gasteiger partial charge is 0.358 e.